The highest BCUT2D eigenvalue weighted by Crippen LogP contribution is 2.10. The molecule has 0 spiro atoms. The van der Waals surface area contributed by atoms with Crippen LogP contribution in [0.1, 0.15) is 13.8 Å². The fourth-order valence-corrected chi connectivity index (χ4v) is 1.85. The third-order valence-corrected chi connectivity index (χ3v) is 3.25. The summed E-state index contributed by atoms with van der Waals surface area (Å²) in [5.41, 5.74) is 0. The highest BCUT2D eigenvalue weighted by atomic mass is 79.9. The molecule has 2 nitrogen and oxygen atoms in total. The Morgan fingerprint density at radius 1 is 1.08 bits per heavy atom. The molecule has 1 rings (SSSR count). The number of quaternary nitrogens is 1. The molecule has 12 heavy (non-hydrogen) atoms. The van der Waals surface area contributed by atoms with Gasteiger partial charge in [-0.2, -0.15) is 0 Å². The Morgan fingerprint density at radius 2 is 1.50 bits per heavy atom. The molecule has 0 bridgehead atoms. The van der Waals surface area contributed by atoms with Crippen molar-refractivity contribution in [1.29, 1.82) is 0 Å². The van der Waals surface area contributed by atoms with Crippen LogP contribution < -0.4 is 17.0 Å². The Balaban J connectivity index is 0.00000121. The number of hydrogen-bond acceptors (Lipinski definition) is 1. The van der Waals surface area contributed by atoms with Gasteiger partial charge in [-0.05, 0) is 20.9 Å². The van der Waals surface area contributed by atoms with Gasteiger partial charge >= 0.3 is 0 Å². The van der Waals surface area contributed by atoms with Gasteiger partial charge in [0.15, 0.2) is 0 Å². The summed E-state index contributed by atoms with van der Waals surface area (Å²) in [7, 11) is 2.22. The zero-order valence-electron chi connectivity index (χ0n) is 8.52. The summed E-state index contributed by atoms with van der Waals surface area (Å²) in [4.78, 5) is 2.43. The lowest BCUT2D eigenvalue weighted by atomic mass is 10.2. The van der Waals surface area contributed by atoms with Crippen molar-refractivity contribution in [2.45, 2.75) is 13.8 Å². The van der Waals surface area contributed by atoms with Crippen LogP contribution >= 0.6 is 0 Å². The summed E-state index contributed by atoms with van der Waals surface area (Å²) in [6.07, 6.45) is 0. The first-order chi connectivity index (χ1) is 5.22. The fraction of sp³-hybridized carbons (Fsp3) is 1.00. The topological polar surface area (TPSA) is 3.24 Å². The highest BCUT2D eigenvalue weighted by Gasteiger charge is 2.27. The van der Waals surface area contributed by atoms with Crippen molar-refractivity contribution < 1.29 is 21.5 Å². The standard InChI is InChI=1S/C9H21N2.BrH/c1-4-11(5-2)8-6-10(3)7-9-11;/h4-9H2,1-3H3;1H/q+1;/p-1. The normalized spacial score (nSPS) is 23.2. The molecular weight excluding hydrogens is 216 g/mol. The van der Waals surface area contributed by atoms with Gasteiger partial charge in [0.25, 0.3) is 0 Å². The van der Waals surface area contributed by atoms with E-state index in [9.17, 15) is 0 Å². The third kappa shape index (κ3) is 2.71. The van der Waals surface area contributed by atoms with E-state index in [2.05, 4.69) is 25.8 Å². The van der Waals surface area contributed by atoms with Crippen LogP contribution in [0.15, 0.2) is 0 Å². The van der Waals surface area contributed by atoms with E-state index in [0.717, 1.165) is 0 Å². The molecule has 3 heteroatoms. The predicted octanol–water partition coefficient (Wildman–Crippen LogP) is -2.21. The minimum atomic E-state index is 0. The van der Waals surface area contributed by atoms with E-state index in [1.807, 2.05) is 0 Å². The van der Waals surface area contributed by atoms with Gasteiger partial charge in [-0.15, -0.1) is 0 Å². The molecule has 0 aliphatic carbocycles. The predicted molar refractivity (Wildman–Crippen MR) is 48.6 cm³/mol. The largest absolute Gasteiger partial charge is 1.00 e. The van der Waals surface area contributed by atoms with Crippen LogP contribution in [0.3, 0.4) is 0 Å². The molecule has 1 aliphatic rings. The van der Waals surface area contributed by atoms with Gasteiger partial charge < -0.3 is 21.5 Å². The maximum Gasteiger partial charge on any atom is 0.0916 e. The molecule has 0 saturated carbocycles. The lowest BCUT2D eigenvalue weighted by molar-refractivity contribution is -0.928. The Morgan fingerprint density at radius 3 is 1.83 bits per heavy atom. The minimum absolute atomic E-state index is 0. The van der Waals surface area contributed by atoms with Gasteiger partial charge in [0.1, 0.15) is 0 Å². The lowest BCUT2D eigenvalue weighted by Gasteiger charge is -2.42. The maximum atomic E-state index is 2.43. The second-order valence-electron chi connectivity index (χ2n) is 3.72. The van der Waals surface area contributed by atoms with Crippen LogP contribution in [0.5, 0.6) is 0 Å². The monoisotopic (exact) mass is 236 g/mol. The molecule has 0 aromatic rings. The molecule has 1 aliphatic heterocycles. The zero-order valence-corrected chi connectivity index (χ0v) is 10.1. The molecule has 1 saturated heterocycles. The zero-order chi connectivity index (χ0) is 8.32. The van der Waals surface area contributed by atoms with Gasteiger partial charge in [0.05, 0.1) is 26.2 Å². The molecule has 1 fully saturated rings. The summed E-state index contributed by atoms with van der Waals surface area (Å²) < 4.78 is 1.34. The molecule has 0 radical (unpaired) electrons. The van der Waals surface area contributed by atoms with Crippen molar-refractivity contribution in [3.63, 3.8) is 0 Å². The Labute approximate surface area is 86.9 Å². The summed E-state index contributed by atoms with van der Waals surface area (Å²) in [6, 6.07) is 0. The smallest absolute Gasteiger partial charge is 0.0916 e. The van der Waals surface area contributed by atoms with Crippen molar-refractivity contribution in [2.75, 3.05) is 46.3 Å². The Bertz CT molecular complexity index is 114. The van der Waals surface area contributed by atoms with Crippen LogP contribution in [0, 0.1) is 0 Å². The molecule has 0 aromatic heterocycles. The van der Waals surface area contributed by atoms with Crippen molar-refractivity contribution in [3.8, 4) is 0 Å². The van der Waals surface area contributed by atoms with E-state index in [-0.39, 0.29) is 17.0 Å². The van der Waals surface area contributed by atoms with Crippen molar-refractivity contribution >= 4 is 0 Å². The summed E-state index contributed by atoms with van der Waals surface area (Å²) >= 11 is 0. The third-order valence-electron chi connectivity index (χ3n) is 3.25. The van der Waals surface area contributed by atoms with E-state index in [1.165, 1.54) is 43.8 Å². The van der Waals surface area contributed by atoms with Gasteiger partial charge in [-0.25, -0.2) is 0 Å². The van der Waals surface area contributed by atoms with Crippen molar-refractivity contribution in [2.24, 2.45) is 0 Å². The van der Waals surface area contributed by atoms with E-state index < -0.39 is 0 Å². The van der Waals surface area contributed by atoms with Gasteiger partial charge in [-0.1, -0.05) is 0 Å². The molecule has 0 aromatic carbocycles. The average molecular weight is 237 g/mol. The van der Waals surface area contributed by atoms with E-state index in [0.29, 0.717) is 0 Å². The SMILES string of the molecule is CC[N+]1(CC)CCN(C)CC1.[Br-]. The van der Waals surface area contributed by atoms with Gasteiger partial charge in [-0.3, -0.25) is 4.90 Å². The van der Waals surface area contributed by atoms with Crippen LogP contribution in [0.2, 0.25) is 0 Å². The number of piperazine rings is 1. The summed E-state index contributed by atoms with van der Waals surface area (Å²) in [6.45, 7) is 12.5. The first-order valence-electron chi connectivity index (χ1n) is 4.76. The Kier molecular flexibility index (Phi) is 5.37. The second kappa shape index (κ2) is 5.20. The van der Waals surface area contributed by atoms with E-state index >= 15 is 0 Å². The van der Waals surface area contributed by atoms with Crippen molar-refractivity contribution in [3.05, 3.63) is 0 Å². The van der Waals surface area contributed by atoms with E-state index in [4.69, 9.17) is 0 Å². The van der Waals surface area contributed by atoms with Crippen LogP contribution in [0.25, 0.3) is 0 Å². The number of halogens is 1. The van der Waals surface area contributed by atoms with Gasteiger partial charge in [0, 0.05) is 13.1 Å². The first-order valence-corrected chi connectivity index (χ1v) is 4.76. The van der Waals surface area contributed by atoms with Crippen LogP contribution in [-0.2, 0) is 0 Å². The number of likely N-dealkylation sites (N-methyl/N-ethyl adjacent to an activating group) is 2. The minimum Gasteiger partial charge on any atom is -1.00 e. The van der Waals surface area contributed by atoms with E-state index in [1.54, 1.807) is 0 Å². The summed E-state index contributed by atoms with van der Waals surface area (Å²) in [5.74, 6) is 0. The quantitative estimate of drug-likeness (QED) is 0.492. The number of nitrogens with zero attached hydrogens (tertiary/aromatic N) is 2. The summed E-state index contributed by atoms with van der Waals surface area (Å²) in [5, 5.41) is 0. The molecule has 1 heterocycles. The van der Waals surface area contributed by atoms with Crippen LogP contribution in [0.4, 0.5) is 0 Å². The van der Waals surface area contributed by atoms with Crippen LogP contribution in [-0.4, -0.2) is 55.7 Å². The van der Waals surface area contributed by atoms with Gasteiger partial charge in [0.2, 0.25) is 0 Å². The maximum absolute atomic E-state index is 2.43. The molecule has 74 valence electrons. The molecule has 0 N–H and O–H groups in total. The first kappa shape index (κ1) is 12.4. The second-order valence-corrected chi connectivity index (χ2v) is 3.72. The Hall–Kier alpha value is 0.400. The molecule has 0 unspecified atom stereocenters. The molecule has 0 amide bonds. The molecular formula is C9H21BrN2. The van der Waals surface area contributed by atoms with Crippen molar-refractivity contribution in [1.82, 2.24) is 4.90 Å². The number of rotatable bonds is 2. The fourth-order valence-electron chi connectivity index (χ4n) is 1.85. The highest BCUT2D eigenvalue weighted by molar-refractivity contribution is 4.58. The lowest BCUT2D eigenvalue weighted by Crippen LogP contribution is -3.00. The average Bonchev–Trinajstić information content (AvgIpc) is 2.07. The number of hydrogen-bond donors (Lipinski definition) is 0. The molecule has 0 atom stereocenters.